The quantitative estimate of drug-likeness (QED) is 0.794. The normalized spacial score (nSPS) is 43.0. The number of ether oxygens (including phenoxy) is 1. The second-order valence-corrected chi connectivity index (χ2v) is 6.17. The number of rotatable bonds is 3. The summed E-state index contributed by atoms with van der Waals surface area (Å²) in [5.74, 6) is 0. The molecule has 0 radical (unpaired) electrons. The van der Waals surface area contributed by atoms with Gasteiger partial charge in [-0.15, -0.1) is 0 Å². The number of nitrogens with zero attached hydrogens (tertiary/aromatic N) is 1. The van der Waals surface area contributed by atoms with Crippen LogP contribution < -0.4 is 5.73 Å². The van der Waals surface area contributed by atoms with Crippen LogP contribution in [0.4, 0.5) is 0 Å². The Labute approximate surface area is 110 Å². The van der Waals surface area contributed by atoms with Crippen LogP contribution in [-0.2, 0) is 4.74 Å². The monoisotopic (exact) mass is 256 g/mol. The zero-order chi connectivity index (χ0) is 13.2. The van der Waals surface area contributed by atoms with Crippen LogP contribution in [0.5, 0.6) is 0 Å². The van der Waals surface area contributed by atoms with Crippen LogP contribution >= 0.6 is 0 Å². The van der Waals surface area contributed by atoms with Crippen LogP contribution in [-0.4, -0.2) is 53.5 Å². The third-order valence-corrected chi connectivity index (χ3v) is 4.62. The molecule has 0 aromatic rings. The minimum absolute atomic E-state index is 0.111. The lowest BCUT2D eigenvalue weighted by Gasteiger charge is -2.48. The largest absolute Gasteiger partial charge is 0.394 e. The van der Waals surface area contributed by atoms with Gasteiger partial charge in [-0.1, -0.05) is 6.92 Å². The second-order valence-electron chi connectivity index (χ2n) is 6.17. The van der Waals surface area contributed by atoms with E-state index in [9.17, 15) is 5.11 Å². The fourth-order valence-electron chi connectivity index (χ4n) is 3.46. The first kappa shape index (κ1) is 14.3. The second kappa shape index (κ2) is 5.87. The summed E-state index contributed by atoms with van der Waals surface area (Å²) in [5.41, 5.74) is 5.91. The summed E-state index contributed by atoms with van der Waals surface area (Å²) in [5, 5.41) is 9.47. The molecular weight excluding hydrogens is 228 g/mol. The standard InChI is InChI=1S/C14H28N2O2/c1-3-12-9-18-11(2)8-16(12)13-5-4-6-14(15,7-13)10-17/h11-13,17H,3-10,15H2,1-2H3. The molecule has 18 heavy (non-hydrogen) atoms. The molecule has 1 saturated heterocycles. The van der Waals surface area contributed by atoms with Crippen molar-refractivity contribution in [2.45, 2.75) is 69.7 Å². The first-order valence-corrected chi connectivity index (χ1v) is 7.35. The molecule has 106 valence electrons. The van der Waals surface area contributed by atoms with E-state index in [2.05, 4.69) is 18.7 Å². The summed E-state index contributed by atoms with van der Waals surface area (Å²) in [6.45, 7) is 6.32. The number of hydrogen-bond donors (Lipinski definition) is 2. The van der Waals surface area contributed by atoms with Crippen LogP contribution in [0.3, 0.4) is 0 Å². The van der Waals surface area contributed by atoms with Crippen molar-refractivity contribution in [3.05, 3.63) is 0 Å². The first-order valence-electron chi connectivity index (χ1n) is 7.35. The van der Waals surface area contributed by atoms with Gasteiger partial charge in [0, 0.05) is 24.2 Å². The van der Waals surface area contributed by atoms with Gasteiger partial charge >= 0.3 is 0 Å². The molecule has 0 aromatic carbocycles. The van der Waals surface area contributed by atoms with E-state index in [-0.39, 0.29) is 12.1 Å². The highest BCUT2D eigenvalue weighted by molar-refractivity contribution is 4.96. The number of nitrogens with two attached hydrogens (primary N) is 1. The minimum Gasteiger partial charge on any atom is -0.394 e. The zero-order valence-corrected chi connectivity index (χ0v) is 11.8. The van der Waals surface area contributed by atoms with Gasteiger partial charge in [-0.2, -0.15) is 0 Å². The van der Waals surface area contributed by atoms with Crippen molar-refractivity contribution >= 4 is 0 Å². The van der Waals surface area contributed by atoms with Crippen LogP contribution in [0.25, 0.3) is 0 Å². The highest BCUT2D eigenvalue weighted by atomic mass is 16.5. The summed E-state index contributed by atoms with van der Waals surface area (Å²) >= 11 is 0. The fourth-order valence-corrected chi connectivity index (χ4v) is 3.46. The summed E-state index contributed by atoms with van der Waals surface area (Å²) in [7, 11) is 0. The topological polar surface area (TPSA) is 58.7 Å². The van der Waals surface area contributed by atoms with Gasteiger partial charge < -0.3 is 15.6 Å². The zero-order valence-electron chi connectivity index (χ0n) is 11.8. The maximum atomic E-state index is 9.47. The van der Waals surface area contributed by atoms with E-state index >= 15 is 0 Å². The first-order chi connectivity index (χ1) is 8.58. The molecule has 0 amide bonds. The number of morpholine rings is 1. The highest BCUT2D eigenvalue weighted by Gasteiger charge is 2.38. The third kappa shape index (κ3) is 3.05. The molecule has 1 aliphatic heterocycles. The molecule has 2 aliphatic rings. The molecular formula is C14H28N2O2. The molecule has 2 fully saturated rings. The fraction of sp³-hybridized carbons (Fsp3) is 1.00. The van der Waals surface area contributed by atoms with Crippen molar-refractivity contribution in [2.75, 3.05) is 19.8 Å². The molecule has 1 saturated carbocycles. The Hall–Kier alpha value is -0.160. The van der Waals surface area contributed by atoms with E-state index in [1.165, 1.54) is 6.42 Å². The van der Waals surface area contributed by atoms with Crippen LogP contribution in [0, 0.1) is 0 Å². The van der Waals surface area contributed by atoms with E-state index in [4.69, 9.17) is 10.5 Å². The Morgan fingerprint density at radius 1 is 1.50 bits per heavy atom. The number of aliphatic hydroxyl groups excluding tert-OH is 1. The summed E-state index contributed by atoms with van der Waals surface area (Å²) in [6, 6.07) is 1.04. The predicted octanol–water partition coefficient (Wildman–Crippen LogP) is 1.12. The van der Waals surface area contributed by atoms with E-state index < -0.39 is 0 Å². The Kier molecular flexibility index (Phi) is 4.64. The summed E-state index contributed by atoms with van der Waals surface area (Å²) in [4.78, 5) is 2.59. The summed E-state index contributed by atoms with van der Waals surface area (Å²) < 4.78 is 5.76. The molecule has 0 spiro atoms. The lowest BCUT2D eigenvalue weighted by atomic mass is 9.79. The van der Waals surface area contributed by atoms with E-state index in [1.807, 2.05) is 0 Å². The Morgan fingerprint density at radius 3 is 2.94 bits per heavy atom. The molecule has 2 rings (SSSR count). The number of aliphatic hydroxyl groups is 1. The molecule has 0 aromatic heterocycles. The Morgan fingerprint density at radius 2 is 2.28 bits per heavy atom. The summed E-state index contributed by atoms with van der Waals surface area (Å²) in [6.07, 6.45) is 5.66. The molecule has 4 heteroatoms. The van der Waals surface area contributed by atoms with Crippen molar-refractivity contribution in [1.29, 1.82) is 0 Å². The van der Waals surface area contributed by atoms with Gasteiger partial charge in [-0.25, -0.2) is 0 Å². The van der Waals surface area contributed by atoms with Gasteiger partial charge in [0.1, 0.15) is 0 Å². The molecule has 4 nitrogen and oxygen atoms in total. The molecule has 4 atom stereocenters. The van der Waals surface area contributed by atoms with Crippen molar-refractivity contribution < 1.29 is 9.84 Å². The smallest absolute Gasteiger partial charge is 0.0674 e. The van der Waals surface area contributed by atoms with Gasteiger partial charge in [0.05, 0.1) is 19.3 Å². The van der Waals surface area contributed by atoms with Crippen LogP contribution in [0.15, 0.2) is 0 Å². The van der Waals surface area contributed by atoms with Crippen molar-refractivity contribution in [3.63, 3.8) is 0 Å². The van der Waals surface area contributed by atoms with Gasteiger partial charge in [-0.3, -0.25) is 4.90 Å². The Balaban J connectivity index is 2.03. The lowest BCUT2D eigenvalue weighted by Crippen LogP contribution is -2.58. The van der Waals surface area contributed by atoms with Gasteiger partial charge in [0.2, 0.25) is 0 Å². The van der Waals surface area contributed by atoms with Gasteiger partial charge in [-0.05, 0) is 39.0 Å². The van der Waals surface area contributed by atoms with E-state index in [1.54, 1.807) is 0 Å². The van der Waals surface area contributed by atoms with Crippen molar-refractivity contribution in [2.24, 2.45) is 5.73 Å². The third-order valence-electron chi connectivity index (χ3n) is 4.62. The molecule has 1 heterocycles. The van der Waals surface area contributed by atoms with Crippen molar-refractivity contribution in [1.82, 2.24) is 4.90 Å². The average Bonchev–Trinajstić information content (AvgIpc) is 2.39. The Bertz CT molecular complexity index is 275. The predicted molar refractivity (Wildman–Crippen MR) is 72.5 cm³/mol. The molecule has 4 unspecified atom stereocenters. The van der Waals surface area contributed by atoms with Gasteiger partial charge in [0.25, 0.3) is 0 Å². The maximum absolute atomic E-state index is 9.47. The average molecular weight is 256 g/mol. The molecule has 0 bridgehead atoms. The minimum atomic E-state index is -0.358. The lowest BCUT2D eigenvalue weighted by molar-refractivity contribution is -0.0832. The van der Waals surface area contributed by atoms with Crippen LogP contribution in [0.1, 0.15) is 46.0 Å². The highest BCUT2D eigenvalue weighted by Crippen LogP contribution is 2.32. The van der Waals surface area contributed by atoms with E-state index in [0.29, 0.717) is 18.2 Å². The number of hydrogen-bond acceptors (Lipinski definition) is 4. The van der Waals surface area contributed by atoms with Gasteiger partial charge in [0.15, 0.2) is 0 Å². The van der Waals surface area contributed by atoms with Crippen LogP contribution in [0.2, 0.25) is 0 Å². The van der Waals surface area contributed by atoms with E-state index in [0.717, 1.165) is 38.8 Å². The van der Waals surface area contributed by atoms with Crippen molar-refractivity contribution in [3.8, 4) is 0 Å². The molecule has 1 aliphatic carbocycles. The molecule has 3 N–H and O–H groups in total. The maximum Gasteiger partial charge on any atom is 0.0674 e. The SMILES string of the molecule is CCC1COC(C)CN1C1CCCC(N)(CO)C1.